The first-order chi connectivity index (χ1) is 13.5. The molecule has 1 amide bonds. The van der Waals surface area contributed by atoms with Gasteiger partial charge in [0.2, 0.25) is 0 Å². The molecule has 0 aliphatic heterocycles. The van der Waals surface area contributed by atoms with Crippen molar-refractivity contribution in [1.29, 1.82) is 5.26 Å². The van der Waals surface area contributed by atoms with Gasteiger partial charge in [-0.25, -0.2) is 0 Å². The molecule has 0 aromatic heterocycles. The summed E-state index contributed by atoms with van der Waals surface area (Å²) in [5, 5.41) is 22.3. The third kappa shape index (κ3) is 5.85. The van der Waals surface area contributed by atoms with Crippen molar-refractivity contribution < 1.29 is 14.6 Å². The van der Waals surface area contributed by atoms with Crippen molar-refractivity contribution in [3.8, 4) is 17.6 Å². The van der Waals surface area contributed by atoms with Crippen LogP contribution in [0.1, 0.15) is 24.5 Å². The molecule has 0 saturated heterocycles. The normalized spacial score (nSPS) is 11.0. The third-order valence-corrected chi connectivity index (χ3v) is 6.07. The van der Waals surface area contributed by atoms with Gasteiger partial charge in [0.1, 0.15) is 11.6 Å². The van der Waals surface area contributed by atoms with Gasteiger partial charge in [-0.05, 0) is 74.9 Å². The monoisotopic (exact) mass is 506 g/mol. The van der Waals surface area contributed by atoms with Crippen LogP contribution in [0.2, 0.25) is 0 Å². The van der Waals surface area contributed by atoms with Crippen molar-refractivity contribution in [2.24, 2.45) is 0 Å². The number of phenols is 1. The van der Waals surface area contributed by atoms with Crippen molar-refractivity contribution in [2.75, 3.05) is 13.2 Å². The predicted molar refractivity (Wildman–Crippen MR) is 116 cm³/mol. The maximum atomic E-state index is 12.4. The zero-order chi connectivity index (χ0) is 20.5. The topological polar surface area (TPSA) is 82.3 Å². The maximum absolute atomic E-state index is 12.4. The zero-order valence-corrected chi connectivity index (χ0v) is 18.5. The highest BCUT2D eigenvalue weighted by atomic mass is 79.9. The number of amides is 1. The second-order valence-electron chi connectivity index (χ2n) is 5.89. The van der Waals surface area contributed by atoms with E-state index < -0.39 is 5.91 Å². The smallest absolute Gasteiger partial charge is 0.261 e. The van der Waals surface area contributed by atoms with Gasteiger partial charge in [0.05, 0.1) is 11.1 Å². The first kappa shape index (κ1) is 22.0. The van der Waals surface area contributed by atoms with Crippen LogP contribution in [0.4, 0.5) is 0 Å². The van der Waals surface area contributed by atoms with E-state index in [4.69, 9.17) is 4.74 Å². The van der Waals surface area contributed by atoms with Crippen molar-refractivity contribution >= 4 is 43.8 Å². The lowest BCUT2D eigenvalue weighted by molar-refractivity contribution is -0.117. The van der Waals surface area contributed by atoms with E-state index in [0.717, 1.165) is 12.8 Å². The maximum Gasteiger partial charge on any atom is 0.261 e. The van der Waals surface area contributed by atoms with Crippen LogP contribution in [0.15, 0.2) is 50.9 Å². The van der Waals surface area contributed by atoms with Crippen LogP contribution in [0.25, 0.3) is 6.08 Å². The number of hydrogen-bond donors (Lipinski definition) is 2. The standard InChI is InChI=1S/C21H20Br2N2O3/c1-2-28-17-12-15(18(22)19(23)20(17)26)11-16(13-24)21(27)25-10-6-9-14-7-4-3-5-8-14/h3-5,7-8,11-12,26H,2,6,9-10H2,1H3,(H,25,27)/b16-11-. The summed E-state index contributed by atoms with van der Waals surface area (Å²) in [7, 11) is 0. The molecule has 0 bridgehead atoms. The fourth-order valence-electron chi connectivity index (χ4n) is 2.52. The highest BCUT2D eigenvalue weighted by molar-refractivity contribution is 9.13. The number of carbonyl (C=O) groups excluding carboxylic acids is 1. The van der Waals surface area contributed by atoms with E-state index in [1.807, 2.05) is 36.4 Å². The van der Waals surface area contributed by atoms with Gasteiger partial charge in [-0.2, -0.15) is 5.26 Å². The Balaban J connectivity index is 2.08. The number of nitriles is 1. The van der Waals surface area contributed by atoms with Gasteiger partial charge in [0, 0.05) is 11.0 Å². The Morgan fingerprint density at radius 3 is 2.64 bits per heavy atom. The zero-order valence-electron chi connectivity index (χ0n) is 15.3. The van der Waals surface area contributed by atoms with Gasteiger partial charge in [0.25, 0.3) is 5.91 Å². The van der Waals surface area contributed by atoms with Gasteiger partial charge >= 0.3 is 0 Å². The Labute approximate surface area is 181 Å². The molecular weight excluding hydrogens is 488 g/mol. The summed E-state index contributed by atoms with van der Waals surface area (Å²) in [5.41, 5.74) is 1.72. The summed E-state index contributed by atoms with van der Waals surface area (Å²) < 4.78 is 6.32. The molecule has 7 heteroatoms. The molecular formula is C21H20Br2N2O3. The van der Waals surface area contributed by atoms with E-state index in [9.17, 15) is 15.2 Å². The Hall–Kier alpha value is -2.30. The molecule has 0 aliphatic rings. The predicted octanol–water partition coefficient (Wildman–Crippen LogP) is 4.97. The Bertz CT molecular complexity index is 906. The van der Waals surface area contributed by atoms with E-state index in [0.29, 0.717) is 27.7 Å². The number of nitrogens with one attached hydrogen (secondary N) is 1. The fourth-order valence-corrected chi connectivity index (χ4v) is 3.36. The van der Waals surface area contributed by atoms with Crippen molar-refractivity contribution in [3.05, 3.63) is 62.0 Å². The summed E-state index contributed by atoms with van der Waals surface area (Å²) in [6, 6.07) is 13.5. The molecule has 5 nitrogen and oxygen atoms in total. The molecule has 0 aliphatic carbocycles. The van der Waals surface area contributed by atoms with Gasteiger partial charge in [-0.3, -0.25) is 4.79 Å². The van der Waals surface area contributed by atoms with Crippen LogP contribution < -0.4 is 10.1 Å². The van der Waals surface area contributed by atoms with E-state index in [1.54, 1.807) is 13.0 Å². The quantitative estimate of drug-likeness (QED) is 0.300. The number of ether oxygens (including phenoxy) is 1. The molecule has 0 atom stereocenters. The molecule has 146 valence electrons. The molecule has 0 unspecified atom stereocenters. The largest absolute Gasteiger partial charge is 0.503 e. The number of benzene rings is 2. The average molecular weight is 508 g/mol. The molecule has 0 saturated carbocycles. The molecule has 2 aromatic carbocycles. The molecule has 2 aromatic rings. The Morgan fingerprint density at radius 1 is 1.29 bits per heavy atom. The lowest BCUT2D eigenvalue weighted by atomic mass is 10.1. The van der Waals surface area contributed by atoms with Gasteiger partial charge in [-0.15, -0.1) is 0 Å². The van der Waals surface area contributed by atoms with Crippen LogP contribution in [-0.4, -0.2) is 24.2 Å². The lowest BCUT2D eigenvalue weighted by Crippen LogP contribution is -2.25. The average Bonchev–Trinajstić information content (AvgIpc) is 2.71. The number of nitrogens with zero attached hydrogens (tertiary/aromatic N) is 1. The van der Waals surface area contributed by atoms with E-state index >= 15 is 0 Å². The highest BCUT2D eigenvalue weighted by Crippen LogP contribution is 2.42. The van der Waals surface area contributed by atoms with Gasteiger partial charge in [0.15, 0.2) is 11.5 Å². The van der Waals surface area contributed by atoms with Crippen LogP contribution >= 0.6 is 31.9 Å². The molecule has 0 heterocycles. The molecule has 0 radical (unpaired) electrons. The van der Waals surface area contributed by atoms with Crippen LogP contribution in [-0.2, 0) is 11.2 Å². The van der Waals surface area contributed by atoms with Crippen molar-refractivity contribution in [2.45, 2.75) is 19.8 Å². The molecule has 0 spiro atoms. The number of halogens is 2. The SMILES string of the molecule is CCOc1cc(/C=C(/C#N)C(=O)NCCCc2ccccc2)c(Br)c(Br)c1O. The second kappa shape index (κ2) is 10.9. The number of carbonyl (C=O) groups is 1. The summed E-state index contributed by atoms with van der Waals surface area (Å²) in [5.74, 6) is -0.219. The van der Waals surface area contributed by atoms with E-state index in [1.165, 1.54) is 11.6 Å². The molecule has 2 rings (SSSR count). The minimum Gasteiger partial charge on any atom is -0.503 e. The number of aryl methyl sites for hydroxylation is 1. The number of rotatable bonds is 8. The number of hydrogen-bond acceptors (Lipinski definition) is 4. The Kier molecular flexibility index (Phi) is 8.55. The second-order valence-corrected chi connectivity index (χ2v) is 7.47. The van der Waals surface area contributed by atoms with Gasteiger partial charge in [-0.1, -0.05) is 30.3 Å². The Morgan fingerprint density at radius 2 is 2.00 bits per heavy atom. The number of phenolic OH excluding ortho intramolecular Hbond substituents is 1. The van der Waals surface area contributed by atoms with Crippen molar-refractivity contribution in [1.82, 2.24) is 5.32 Å². The first-order valence-electron chi connectivity index (χ1n) is 8.75. The summed E-state index contributed by atoms with van der Waals surface area (Å²) in [6.07, 6.45) is 3.08. The summed E-state index contributed by atoms with van der Waals surface area (Å²) in [4.78, 5) is 12.4. The number of aromatic hydroxyl groups is 1. The lowest BCUT2D eigenvalue weighted by Gasteiger charge is -2.11. The molecule has 0 fully saturated rings. The van der Waals surface area contributed by atoms with Crippen LogP contribution in [0, 0.1) is 11.3 Å². The summed E-state index contributed by atoms with van der Waals surface area (Å²) in [6.45, 7) is 2.64. The molecule has 2 N–H and O–H groups in total. The first-order valence-corrected chi connectivity index (χ1v) is 10.3. The highest BCUT2D eigenvalue weighted by Gasteiger charge is 2.16. The van der Waals surface area contributed by atoms with Gasteiger partial charge < -0.3 is 15.2 Å². The minimum atomic E-state index is -0.440. The fraction of sp³-hybridized carbons (Fsp3) is 0.238. The summed E-state index contributed by atoms with van der Waals surface area (Å²) >= 11 is 6.65. The minimum absolute atomic E-state index is 0.0274. The van der Waals surface area contributed by atoms with E-state index in [2.05, 4.69) is 37.2 Å². The molecule has 28 heavy (non-hydrogen) atoms. The van der Waals surface area contributed by atoms with Crippen molar-refractivity contribution in [3.63, 3.8) is 0 Å². The van der Waals surface area contributed by atoms with E-state index in [-0.39, 0.29) is 17.1 Å². The van der Waals surface area contributed by atoms with Crippen LogP contribution in [0.5, 0.6) is 11.5 Å². The third-order valence-electron chi connectivity index (χ3n) is 3.91. The van der Waals surface area contributed by atoms with Crippen LogP contribution in [0.3, 0.4) is 0 Å².